The van der Waals surface area contributed by atoms with Crippen molar-refractivity contribution in [1.29, 1.82) is 0 Å². The van der Waals surface area contributed by atoms with Crippen molar-refractivity contribution in [2.24, 2.45) is 5.73 Å². The minimum Gasteiger partial charge on any atom is -0.395 e. The van der Waals surface area contributed by atoms with E-state index >= 15 is 0 Å². The molecule has 0 aromatic heterocycles. The first-order chi connectivity index (χ1) is 7.22. The zero-order valence-electron chi connectivity index (χ0n) is 9.96. The fourth-order valence-electron chi connectivity index (χ4n) is 1.65. The highest BCUT2D eigenvalue weighted by atomic mass is 19.4. The molecule has 0 saturated carbocycles. The summed E-state index contributed by atoms with van der Waals surface area (Å²) < 4.78 is 37.1. The van der Waals surface area contributed by atoms with Crippen molar-refractivity contribution in [3.63, 3.8) is 0 Å². The molecule has 0 spiro atoms. The molecule has 2 atom stereocenters. The molecular formula is C10H21F3N2O. The number of alkyl halides is 3. The van der Waals surface area contributed by atoms with Crippen LogP contribution in [0.15, 0.2) is 0 Å². The molecule has 0 radical (unpaired) electrons. The van der Waals surface area contributed by atoms with Gasteiger partial charge in [0.2, 0.25) is 0 Å². The predicted molar refractivity (Wildman–Crippen MR) is 57.0 cm³/mol. The van der Waals surface area contributed by atoms with Crippen LogP contribution in [-0.4, -0.2) is 47.5 Å². The van der Waals surface area contributed by atoms with E-state index in [4.69, 9.17) is 10.8 Å². The van der Waals surface area contributed by atoms with Crippen LogP contribution >= 0.6 is 0 Å². The van der Waals surface area contributed by atoms with E-state index in [9.17, 15) is 13.2 Å². The molecule has 0 aromatic rings. The minimum atomic E-state index is -4.27. The van der Waals surface area contributed by atoms with E-state index < -0.39 is 24.8 Å². The van der Waals surface area contributed by atoms with Crippen LogP contribution in [0.4, 0.5) is 13.2 Å². The van der Waals surface area contributed by atoms with E-state index in [1.54, 1.807) is 20.8 Å². The van der Waals surface area contributed by atoms with Gasteiger partial charge in [-0.3, -0.25) is 4.90 Å². The number of nitrogens with two attached hydrogens (primary N) is 1. The van der Waals surface area contributed by atoms with Gasteiger partial charge in [-0.1, -0.05) is 6.92 Å². The van der Waals surface area contributed by atoms with Gasteiger partial charge in [0, 0.05) is 18.1 Å². The van der Waals surface area contributed by atoms with Crippen LogP contribution in [0.3, 0.4) is 0 Å². The summed E-state index contributed by atoms with van der Waals surface area (Å²) in [6, 6.07) is -1.40. The largest absolute Gasteiger partial charge is 0.401 e. The van der Waals surface area contributed by atoms with Crippen LogP contribution in [0.1, 0.15) is 27.2 Å². The highest BCUT2D eigenvalue weighted by molar-refractivity contribution is 4.84. The summed E-state index contributed by atoms with van der Waals surface area (Å²) in [6.45, 7) is 3.72. The monoisotopic (exact) mass is 242 g/mol. The van der Waals surface area contributed by atoms with Crippen LogP contribution in [0.5, 0.6) is 0 Å². The van der Waals surface area contributed by atoms with Gasteiger partial charge in [-0.15, -0.1) is 0 Å². The molecule has 3 N–H and O–H groups in total. The molecule has 0 fully saturated rings. The van der Waals surface area contributed by atoms with Gasteiger partial charge in [-0.2, -0.15) is 13.2 Å². The van der Waals surface area contributed by atoms with Gasteiger partial charge in [0.25, 0.3) is 0 Å². The molecule has 2 unspecified atom stereocenters. The lowest BCUT2D eigenvalue weighted by molar-refractivity contribution is -0.158. The summed E-state index contributed by atoms with van der Waals surface area (Å²) in [7, 11) is 0. The van der Waals surface area contributed by atoms with Crippen molar-refractivity contribution in [1.82, 2.24) is 4.90 Å². The molecule has 0 saturated heterocycles. The SMILES string of the molecule is CCC(N)C(CO)N(CC(F)(F)F)C(C)C. The maximum atomic E-state index is 12.4. The van der Waals surface area contributed by atoms with Gasteiger partial charge in [-0.25, -0.2) is 0 Å². The lowest BCUT2D eigenvalue weighted by Crippen LogP contribution is -2.55. The molecule has 0 aliphatic carbocycles. The molecule has 0 aromatic carbocycles. The Hall–Kier alpha value is -0.330. The summed E-state index contributed by atoms with van der Waals surface area (Å²) in [5, 5.41) is 9.15. The Morgan fingerprint density at radius 3 is 2.06 bits per heavy atom. The molecule has 98 valence electrons. The Morgan fingerprint density at radius 2 is 1.81 bits per heavy atom. The Balaban J connectivity index is 4.73. The topological polar surface area (TPSA) is 49.5 Å². The quantitative estimate of drug-likeness (QED) is 0.739. The number of rotatable bonds is 6. The number of hydrogen-bond acceptors (Lipinski definition) is 3. The number of aliphatic hydroxyl groups is 1. The molecule has 0 heterocycles. The van der Waals surface area contributed by atoms with E-state index in [0.29, 0.717) is 6.42 Å². The van der Waals surface area contributed by atoms with Gasteiger partial charge in [-0.05, 0) is 20.3 Å². The van der Waals surface area contributed by atoms with E-state index in [1.807, 2.05) is 0 Å². The Bertz CT molecular complexity index is 197. The second-order valence-corrected chi connectivity index (χ2v) is 4.20. The summed E-state index contributed by atoms with van der Waals surface area (Å²) >= 11 is 0. The normalized spacial score (nSPS) is 16.9. The van der Waals surface area contributed by atoms with Gasteiger partial charge >= 0.3 is 6.18 Å². The van der Waals surface area contributed by atoms with Crippen molar-refractivity contribution in [3.8, 4) is 0 Å². The zero-order chi connectivity index (χ0) is 12.9. The van der Waals surface area contributed by atoms with Crippen LogP contribution in [0.2, 0.25) is 0 Å². The first kappa shape index (κ1) is 15.7. The van der Waals surface area contributed by atoms with Crippen molar-refractivity contribution in [2.45, 2.75) is 51.5 Å². The maximum absolute atomic E-state index is 12.4. The molecule has 16 heavy (non-hydrogen) atoms. The third kappa shape index (κ3) is 5.14. The second kappa shape index (κ2) is 6.42. The van der Waals surface area contributed by atoms with E-state index in [0.717, 1.165) is 0 Å². The van der Waals surface area contributed by atoms with E-state index in [-0.39, 0.29) is 12.6 Å². The van der Waals surface area contributed by atoms with Crippen molar-refractivity contribution in [2.75, 3.05) is 13.2 Å². The lowest BCUT2D eigenvalue weighted by atomic mass is 10.0. The third-order valence-electron chi connectivity index (χ3n) is 2.60. The van der Waals surface area contributed by atoms with Crippen molar-refractivity contribution in [3.05, 3.63) is 0 Å². The summed E-state index contributed by atoms with van der Waals surface area (Å²) in [4.78, 5) is 1.20. The van der Waals surface area contributed by atoms with Crippen molar-refractivity contribution >= 4 is 0 Å². The van der Waals surface area contributed by atoms with Crippen LogP contribution in [-0.2, 0) is 0 Å². The van der Waals surface area contributed by atoms with Gasteiger partial charge in [0.15, 0.2) is 0 Å². The Morgan fingerprint density at radius 1 is 1.31 bits per heavy atom. The standard InChI is InChI=1S/C10H21F3N2O/c1-4-8(14)9(5-16)15(7(2)3)6-10(11,12)13/h7-9,16H,4-6,14H2,1-3H3. The maximum Gasteiger partial charge on any atom is 0.401 e. The molecule has 0 rings (SSSR count). The zero-order valence-corrected chi connectivity index (χ0v) is 9.96. The highest BCUT2D eigenvalue weighted by Gasteiger charge is 2.36. The molecule has 6 heteroatoms. The molecular weight excluding hydrogens is 221 g/mol. The Labute approximate surface area is 94.4 Å². The third-order valence-corrected chi connectivity index (χ3v) is 2.60. The highest BCUT2D eigenvalue weighted by Crippen LogP contribution is 2.21. The van der Waals surface area contributed by atoms with E-state index in [2.05, 4.69) is 0 Å². The fraction of sp³-hybridized carbons (Fsp3) is 1.00. The van der Waals surface area contributed by atoms with Gasteiger partial charge < -0.3 is 10.8 Å². The number of nitrogens with zero attached hydrogens (tertiary/aromatic N) is 1. The molecule has 0 aliphatic heterocycles. The average Bonchev–Trinajstić information content (AvgIpc) is 2.15. The first-order valence-corrected chi connectivity index (χ1v) is 5.41. The number of hydrogen-bond donors (Lipinski definition) is 2. The van der Waals surface area contributed by atoms with Crippen molar-refractivity contribution < 1.29 is 18.3 Å². The fourth-order valence-corrected chi connectivity index (χ4v) is 1.65. The number of halogens is 3. The summed E-state index contributed by atoms with van der Waals surface area (Å²) in [6.07, 6.45) is -3.74. The molecule has 0 amide bonds. The number of aliphatic hydroxyl groups excluding tert-OH is 1. The second-order valence-electron chi connectivity index (χ2n) is 4.20. The van der Waals surface area contributed by atoms with Crippen LogP contribution in [0.25, 0.3) is 0 Å². The van der Waals surface area contributed by atoms with Gasteiger partial charge in [0.1, 0.15) is 0 Å². The van der Waals surface area contributed by atoms with Crippen LogP contribution in [0, 0.1) is 0 Å². The molecule has 0 bridgehead atoms. The van der Waals surface area contributed by atoms with Gasteiger partial charge in [0.05, 0.1) is 13.2 Å². The Kier molecular flexibility index (Phi) is 6.28. The van der Waals surface area contributed by atoms with Crippen LogP contribution < -0.4 is 5.73 Å². The predicted octanol–water partition coefficient (Wildman–Crippen LogP) is 1.36. The summed E-state index contributed by atoms with van der Waals surface area (Å²) in [5.41, 5.74) is 5.72. The summed E-state index contributed by atoms with van der Waals surface area (Å²) in [5.74, 6) is 0. The first-order valence-electron chi connectivity index (χ1n) is 5.41. The van der Waals surface area contributed by atoms with E-state index in [1.165, 1.54) is 4.90 Å². The molecule has 0 aliphatic rings. The smallest absolute Gasteiger partial charge is 0.395 e. The lowest BCUT2D eigenvalue weighted by Gasteiger charge is -2.37. The minimum absolute atomic E-state index is 0.309. The molecule has 3 nitrogen and oxygen atoms in total. The average molecular weight is 242 g/mol.